The fraction of sp³-hybridized carbons (Fsp3) is 0.333. The maximum absolute atomic E-state index is 14.1. The fourth-order valence-corrected chi connectivity index (χ4v) is 5.34. The number of hydrogen-bond acceptors (Lipinski definition) is 5. The third-order valence-corrected chi connectivity index (χ3v) is 7.72. The normalized spacial score (nSPS) is 12.3. The SMILES string of the molecule is COc1ccccc1N(CC(=O)N(Cc1ccc(Br)cc1)[C@@H](Cc1ccccc1)C(=O)NC(C)(C)C)S(C)(=O)=O. The van der Waals surface area contributed by atoms with Crippen LogP contribution in [0.2, 0.25) is 0 Å². The molecule has 3 aromatic rings. The Hall–Kier alpha value is -3.37. The third kappa shape index (κ3) is 8.82. The average molecular weight is 631 g/mol. The summed E-state index contributed by atoms with van der Waals surface area (Å²) in [4.78, 5) is 29.3. The minimum absolute atomic E-state index is 0.102. The van der Waals surface area contributed by atoms with Gasteiger partial charge >= 0.3 is 0 Å². The van der Waals surface area contributed by atoms with Gasteiger partial charge in [0, 0.05) is 23.0 Å². The van der Waals surface area contributed by atoms with E-state index in [1.807, 2.05) is 75.4 Å². The molecule has 0 saturated carbocycles. The molecule has 214 valence electrons. The zero-order valence-corrected chi connectivity index (χ0v) is 25.8. The van der Waals surface area contributed by atoms with Crippen LogP contribution in [0.15, 0.2) is 83.3 Å². The van der Waals surface area contributed by atoms with Gasteiger partial charge in [-0.25, -0.2) is 8.42 Å². The number of amides is 2. The van der Waals surface area contributed by atoms with Crippen molar-refractivity contribution in [2.75, 3.05) is 24.2 Å². The van der Waals surface area contributed by atoms with E-state index in [0.717, 1.165) is 26.2 Å². The number of hydrogen-bond donors (Lipinski definition) is 1. The third-order valence-electron chi connectivity index (χ3n) is 6.07. The minimum Gasteiger partial charge on any atom is -0.495 e. The summed E-state index contributed by atoms with van der Waals surface area (Å²) in [5, 5.41) is 3.01. The number of carbonyl (C=O) groups is 2. The predicted octanol–water partition coefficient (Wildman–Crippen LogP) is 4.78. The molecule has 0 aromatic heterocycles. The summed E-state index contributed by atoms with van der Waals surface area (Å²) in [7, 11) is -2.45. The molecule has 0 fully saturated rings. The van der Waals surface area contributed by atoms with E-state index < -0.39 is 34.1 Å². The van der Waals surface area contributed by atoms with Gasteiger partial charge in [-0.05, 0) is 56.2 Å². The lowest BCUT2D eigenvalue weighted by Gasteiger charge is -2.35. The van der Waals surface area contributed by atoms with E-state index in [4.69, 9.17) is 4.74 Å². The first-order valence-electron chi connectivity index (χ1n) is 12.8. The summed E-state index contributed by atoms with van der Waals surface area (Å²) in [6, 6.07) is 22.6. The molecule has 0 saturated heterocycles. The molecule has 2 amide bonds. The van der Waals surface area contributed by atoms with E-state index in [1.54, 1.807) is 24.3 Å². The van der Waals surface area contributed by atoms with Crippen LogP contribution in [0.1, 0.15) is 31.9 Å². The fourth-order valence-electron chi connectivity index (χ4n) is 4.22. The first-order chi connectivity index (χ1) is 18.8. The van der Waals surface area contributed by atoms with Crippen molar-refractivity contribution < 1.29 is 22.7 Å². The second kappa shape index (κ2) is 13.3. The molecule has 0 aliphatic heterocycles. The molecule has 0 aliphatic rings. The Morgan fingerprint density at radius 3 is 2.10 bits per heavy atom. The number of rotatable bonds is 11. The quantitative estimate of drug-likeness (QED) is 0.329. The standard InChI is InChI=1S/C30H36BrN3O5S/c1-30(2,3)32-29(36)26(19-22-11-7-6-8-12-22)33(20-23-15-17-24(31)18-16-23)28(35)21-34(40(5,37)38)25-13-9-10-14-27(25)39-4/h6-18,26H,19-21H2,1-5H3,(H,32,36)/t26-/m0/s1. The van der Waals surface area contributed by atoms with Crippen molar-refractivity contribution in [3.63, 3.8) is 0 Å². The number of sulfonamides is 1. The van der Waals surface area contributed by atoms with Crippen molar-refractivity contribution >= 4 is 43.5 Å². The number of methoxy groups -OCH3 is 1. The summed E-state index contributed by atoms with van der Waals surface area (Å²) in [6.45, 7) is 5.21. The number of halogens is 1. The largest absolute Gasteiger partial charge is 0.495 e. The molecule has 0 unspecified atom stereocenters. The molecular formula is C30H36BrN3O5S. The van der Waals surface area contributed by atoms with Crippen LogP contribution in [-0.2, 0) is 32.6 Å². The van der Waals surface area contributed by atoms with Gasteiger partial charge in [0.1, 0.15) is 18.3 Å². The highest BCUT2D eigenvalue weighted by atomic mass is 79.9. The highest BCUT2D eigenvalue weighted by molar-refractivity contribution is 9.10. The molecule has 1 N–H and O–H groups in total. The molecule has 8 nitrogen and oxygen atoms in total. The van der Waals surface area contributed by atoms with Crippen LogP contribution >= 0.6 is 15.9 Å². The summed E-state index contributed by atoms with van der Waals surface area (Å²) in [5.41, 5.74) is 1.36. The van der Waals surface area contributed by atoms with Gasteiger partial charge in [0.05, 0.1) is 19.1 Å². The van der Waals surface area contributed by atoms with E-state index >= 15 is 0 Å². The van der Waals surface area contributed by atoms with Gasteiger partial charge in [0.25, 0.3) is 0 Å². The first-order valence-corrected chi connectivity index (χ1v) is 15.4. The smallest absolute Gasteiger partial charge is 0.244 e. The predicted molar refractivity (Wildman–Crippen MR) is 162 cm³/mol. The van der Waals surface area contributed by atoms with Crippen LogP contribution in [0.25, 0.3) is 0 Å². The molecule has 1 atom stereocenters. The molecule has 3 rings (SSSR count). The van der Waals surface area contributed by atoms with Crippen LogP contribution in [0.3, 0.4) is 0 Å². The molecule has 0 bridgehead atoms. The highest BCUT2D eigenvalue weighted by Gasteiger charge is 2.34. The van der Waals surface area contributed by atoms with Crippen LogP contribution < -0.4 is 14.4 Å². The van der Waals surface area contributed by atoms with E-state index in [0.29, 0.717) is 5.75 Å². The number of para-hydroxylation sites is 2. The lowest BCUT2D eigenvalue weighted by molar-refractivity contribution is -0.140. The summed E-state index contributed by atoms with van der Waals surface area (Å²) < 4.78 is 33.2. The number of ether oxygens (including phenoxy) is 1. The summed E-state index contributed by atoms with van der Waals surface area (Å²) in [6.07, 6.45) is 1.29. The summed E-state index contributed by atoms with van der Waals surface area (Å²) >= 11 is 3.43. The second-order valence-electron chi connectivity index (χ2n) is 10.5. The van der Waals surface area contributed by atoms with E-state index in [-0.39, 0.29) is 24.6 Å². The van der Waals surface area contributed by atoms with Crippen LogP contribution in [-0.4, -0.2) is 56.6 Å². The summed E-state index contributed by atoms with van der Waals surface area (Å²) in [5.74, 6) is -0.541. The molecule has 0 heterocycles. The Morgan fingerprint density at radius 2 is 1.52 bits per heavy atom. The molecule has 0 spiro atoms. The number of carbonyl (C=O) groups excluding carboxylic acids is 2. The van der Waals surface area contributed by atoms with Gasteiger partial charge in [-0.2, -0.15) is 0 Å². The zero-order chi connectivity index (χ0) is 29.5. The molecule has 40 heavy (non-hydrogen) atoms. The van der Waals surface area contributed by atoms with Crippen LogP contribution in [0.4, 0.5) is 5.69 Å². The van der Waals surface area contributed by atoms with Gasteiger partial charge in [0.15, 0.2) is 0 Å². The molecular weight excluding hydrogens is 594 g/mol. The van der Waals surface area contributed by atoms with Crippen molar-refractivity contribution in [1.29, 1.82) is 0 Å². The Balaban J connectivity index is 2.09. The molecule has 0 aliphatic carbocycles. The first kappa shape index (κ1) is 31.2. The maximum atomic E-state index is 14.1. The number of nitrogens with zero attached hydrogens (tertiary/aromatic N) is 2. The lowest BCUT2D eigenvalue weighted by atomic mass is 10.0. The molecule has 0 radical (unpaired) electrons. The highest BCUT2D eigenvalue weighted by Crippen LogP contribution is 2.30. The number of nitrogens with one attached hydrogen (secondary N) is 1. The Labute approximate surface area is 245 Å². The minimum atomic E-state index is -3.89. The van der Waals surface area contributed by atoms with Crippen LogP contribution in [0, 0.1) is 0 Å². The van der Waals surface area contributed by atoms with Crippen molar-refractivity contribution in [3.8, 4) is 5.75 Å². The lowest BCUT2D eigenvalue weighted by Crippen LogP contribution is -2.56. The zero-order valence-electron chi connectivity index (χ0n) is 23.4. The van der Waals surface area contributed by atoms with Gasteiger partial charge in [-0.1, -0.05) is 70.5 Å². The average Bonchev–Trinajstić information content (AvgIpc) is 2.89. The van der Waals surface area contributed by atoms with Crippen molar-refractivity contribution in [3.05, 3.63) is 94.5 Å². The van der Waals surface area contributed by atoms with Gasteiger partial charge in [-0.15, -0.1) is 0 Å². The molecule has 10 heteroatoms. The Morgan fingerprint density at radius 1 is 0.925 bits per heavy atom. The van der Waals surface area contributed by atoms with Crippen molar-refractivity contribution in [2.24, 2.45) is 0 Å². The van der Waals surface area contributed by atoms with E-state index in [2.05, 4.69) is 21.2 Å². The number of benzene rings is 3. The van der Waals surface area contributed by atoms with Crippen LogP contribution in [0.5, 0.6) is 5.75 Å². The maximum Gasteiger partial charge on any atom is 0.244 e. The second-order valence-corrected chi connectivity index (χ2v) is 13.4. The molecule has 3 aromatic carbocycles. The number of anilines is 1. The van der Waals surface area contributed by atoms with Gasteiger partial charge < -0.3 is 15.0 Å². The Kier molecular flexibility index (Phi) is 10.4. The van der Waals surface area contributed by atoms with E-state index in [1.165, 1.54) is 12.0 Å². The topological polar surface area (TPSA) is 96.0 Å². The van der Waals surface area contributed by atoms with Crippen molar-refractivity contribution in [2.45, 2.75) is 45.3 Å². The Bertz CT molecular complexity index is 1410. The van der Waals surface area contributed by atoms with Crippen molar-refractivity contribution in [1.82, 2.24) is 10.2 Å². The van der Waals surface area contributed by atoms with E-state index in [9.17, 15) is 18.0 Å². The van der Waals surface area contributed by atoms with Gasteiger partial charge in [-0.3, -0.25) is 13.9 Å². The van der Waals surface area contributed by atoms with Gasteiger partial charge in [0.2, 0.25) is 21.8 Å². The monoisotopic (exact) mass is 629 g/mol.